The summed E-state index contributed by atoms with van der Waals surface area (Å²) in [6, 6.07) is 5.89. The first-order chi connectivity index (χ1) is 9.69. The number of terminal acetylenes is 1. The number of thiazole rings is 1. The number of fused-ring (bicyclic) bond motifs is 1. The number of thioether (sulfide) groups is 1. The van der Waals surface area contributed by atoms with Crippen molar-refractivity contribution in [1.29, 1.82) is 0 Å². The van der Waals surface area contributed by atoms with Crippen LogP contribution in [0.2, 0.25) is 0 Å². The molecule has 0 saturated heterocycles. The van der Waals surface area contributed by atoms with Gasteiger partial charge in [-0.2, -0.15) is 0 Å². The molecule has 1 aromatic carbocycles. The second-order valence-corrected chi connectivity index (χ2v) is 6.13. The van der Waals surface area contributed by atoms with E-state index in [0.29, 0.717) is 17.4 Å². The SMILES string of the molecule is C#CCN1C(=O)CSc2cc(-c3csc(N)n3)ccc21. The van der Waals surface area contributed by atoms with Gasteiger partial charge in [0.15, 0.2) is 5.13 Å². The molecule has 6 heteroatoms. The molecule has 20 heavy (non-hydrogen) atoms. The Bertz CT molecular complexity index is 717. The fourth-order valence-electron chi connectivity index (χ4n) is 2.05. The maximum Gasteiger partial charge on any atom is 0.238 e. The summed E-state index contributed by atoms with van der Waals surface area (Å²) >= 11 is 2.94. The minimum Gasteiger partial charge on any atom is -0.375 e. The second kappa shape index (κ2) is 5.19. The van der Waals surface area contributed by atoms with Crippen LogP contribution in [0.3, 0.4) is 0 Å². The summed E-state index contributed by atoms with van der Waals surface area (Å²) in [4.78, 5) is 18.9. The minimum absolute atomic E-state index is 0.0473. The van der Waals surface area contributed by atoms with E-state index in [1.54, 1.807) is 4.90 Å². The Morgan fingerprint density at radius 2 is 2.35 bits per heavy atom. The molecule has 1 amide bonds. The lowest BCUT2D eigenvalue weighted by atomic mass is 10.1. The number of nitrogens with two attached hydrogens (primary N) is 1. The molecule has 1 aliphatic heterocycles. The van der Waals surface area contributed by atoms with E-state index in [2.05, 4.69) is 10.9 Å². The van der Waals surface area contributed by atoms with Crippen molar-refractivity contribution in [2.45, 2.75) is 4.90 Å². The highest BCUT2D eigenvalue weighted by atomic mass is 32.2. The third-order valence-electron chi connectivity index (χ3n) is 2.97. The third kappa shape index (κ3) is 2.26. The monoisotopic (exact) mass is 301 g/mol. The van der Waals surface area contributed by atoms with Gasteiger partial charge in [0, 0.05) is 15.8 Å². The fourth-order valence-corrected chi connectivity index (χ4v) is 3.59. The van der Waals surface area contributed by atoms with E-state index in [1.807, 2.05) is 23.6 Å². The number of benzene rings is 1. The first-order valence-electron chi connectivity index (χ1n) is 5.91. The Morgan fingerprint density at radius 1 is 1.50 bits per heavy atom. The van der Waals surface area contributed by atoms with Crippen molar-refractivity contribution in [2.24, 2.45) is 0 Å². The second-order valence-electron chi connectivity index (χ2n) is 4.23. The maximum absolute atomic E-state index is 11.9. The van der Waals surface area contributed by atoms with Gasteiger partial charge in [0.25, 0.3) is 0 Å². The van der Waals surface area contributed by atoms with Gasteiger partial charge in [0.1, 0.15) is 0 Å². The van der Waals surface area contributed by atoms with Crippen LogP contribution in [0.15, 0.2) is 28.5 Å². The Kier molecular flexibility index (Phi) is 3.38. The Labute approximate surface area is 125 Å². The first kappa shape index (κ1) is 13.0. The smallest absolute Gasteiger partial charge is 0.238 e. The number of hydrogen-bond donors (Lipinski definition) is 1. The number of anilines is 2. The third-order valence-corrected chi connectivity index (χ3v) is 4.67. The van der Waals surface area contributed by atoms with Gasteiger partial charge in [-0.3, -0.25) is 9.69 Å². The molecule has 1 aromatic heterocycles. The molecule has 2 N–H and O–H groups in total. The highest BCUT2D eigenvalue weighted by Crippen LogP contribution is 2.38. The molecule has 0 fully saturated rings. The Balaban J connectivity index is 2.01. The van der Waals surface area contributed by atoms with Crippen LogP contribution in [0, 0.1) is 12.3 Å². The van der Waals surface area contributed by atoms with Gasteiger partial charge in [0.2, 0.25) is 5.91 Å². The standard InChI is InChI=1S/C14H11N3OS2/c1-2-5-17-11-4-3-9(10-7-20-14(15)16-10)6-12(11)19-8-13(17)18/h1,3-4,6-7H,5,8H2,(H2,15,16). The molecule has 0 saturated carbocycles. The van der Waals surface area contributed by atoms with Crippen molar-refractivity contribution in [3.05, 3.63) is 23.6 Å². The van der Waals surface area contributed by atoms with E-state index < -0.39 is 0 Å². The predicted molar refractivity (Wildman–Crippen MR) is 83.9 cm³/mol. The topological polar surface area (TPSA) is 59.2 Å². The van der Waals surface area contributed by atoms with Crippen LogP contribution in [0.4, 0.5) is 10.8 Å². The predicted octanol–water partition coefficient (Wildman–Crippen LogP) is 2.46. The Morgan fingerprint density at radius 3 is 3.05 bits per heavy atom. The summed E-state index contributed by atoms with van der Waals surface area (Å²) in [6.07, 6.45) is 5.33. The zero-order valence-corrected chi connectivity index (χ0v) is 12.1. The van der Waals surface area contributed by atoms with Crippen molar-refractivity contribution in [2.75, 3.05) is 22.9 Å². The normalized spacial score (nSPS) is 13.9. The summed E-state index contributed by atoms with van der Waals surface area (Å²) in [7, 11) is 0. The van der Waals surface area contributed by atoms with E-state index in [-0.39, 0.29) is 5.91 Å². The van der Waals surface area contributed by atoms with Gasteiger partial charge in [-0.05, 0) is 12.1 Å². The highest BCUT2D eigenvalue weighted by Gasteiger charge is 2.24. The fraction of sp³-hybridized carbons (Fsp3) is 0.143. The van der Waals surface area contributed by atoms with Crippen LogP contribution in [0.1, 0.15) is 0 Å². The summed E-state index contributed by atoms with van der Waals surface area (Å²) < 4.78 is 0. The molecule has 2 aromatic rings. The van der Waals surface area contributed by atoms with Crippen LogP contribution >= 0.6 is 23.1 Å². The molecule has 2 heterocycles. The van der Waals surface area contributed by atoms with Crippen LogP contribution in [0.5, 0.6) is 0 Å². The summed E-state index contributed by atoms with van der Waals surface area (Å²) in [5.41, 5.74) is 8.39. The number of amides is 1. The van der Waals surface area contributed by atoms with E-state index in [9.17, 15) is 4.79 Å². The number of nitrogens with zero attached hydrogens (tertiary/aromatic N) is 2. The molecular formula is C14H11N3OS2. The first-order valence-corrected chi connectivity index (χ1v) is 7.77. The number of nitrogen functional groups attached to an aromatic ring is 1. The van der Waals surface area contributed by atoms with Gasteiger partial charge in [-0.25, -0.2) is 4.98 Å². The van der Waals surface area contributed by atoms with Crippen LogP contribution in [-0.4, -0.2) is 23.2 Å². The van der Waals surface area contributed by atoms with Gasteiger partial charge >= 0.3 is 0 Å². The van der Waals surface area contributed by atoms with E-state index in [4.69, 9.17) is 12.2 Å². The molecule has 0 aliphatic carbocycles. The molecule has 100 valence electrons. The largest absolute Gasteiger partial charge is 0.375 e. The number of aromatic nitrogens is 1. The van der Waals surface area contributed by atoms with E-state index >= 15 is 0 Å². The Hall–Kier alpha value is -1.97. The average molecular weight is 301 g/mol. The number of hydrogen-bond acceptors (Lipinski definition) is 5. The van der Waals surface area contributed by atoms with Crippen molar-refractivity contribution in [3.8, 4) is 23.6 Å². The lowest BCUT2D eigenvalue weighted by Gasteiger charge is -2.27. The summed E-state index contributed by atoms with van der Waals surface area (Å²) in [6.45, 7) is 0.301. The van der Waals surface area contributed by atoms with Crippen molar-refractivity contribution in [1.82, 2.24) is 4.98 Å². The van der Waals surface area contributed by atoms with E-state index in [0.717, 1.165) is 21.8 Å². The molecule has 1 aliphatic rings. The zero-order chi connectivity index (χ0) is 14.1. The van der Waals surface area contributed by atoms with Crippen LogP contribution in [0.25, 0.3) is 11.3 Å². The van der Waals surface area contributed by atoms with Crippen molar-refractivity contribution >= 4 is 39.8 Å². The molecule has 0 radical (unpaired) electrons. The quantitative estimate of drug-likeness (QED) is 0.866. The number of rotatable bonds is 2. The molecule has 0 bridgehead atoms. The van der Waals surface area contributed by atoms with Crippen LogP contribution in [-0.2, 0) is 4.79 Å². The molecular weight excluding hydrogens is 290 g/mol. The molecule has 4 nitrogen and oxygen atoms in total. The maximum atomic E-state index is 11.9. The average Bonchev–Trinajstić information content (AvgIpc) is 2.88. The minimum atomic E-state index is 0.0473. The molecule has 3 rings (SSSR count). The van der Waals surface area contributed by atoms with E-state index in [1.165, 1.54) is 23.1 Å². The lowest BCUT2D eigenvalue weighted by Crippen LogP contribution is -2.35. The van der Waals surface area contributed by atoms with Crippen molar-refractivity contribution in [3.63, 3.8) is 0 Å². The zero-order valence-electron chi connectivity index (χ0n) is 10.5. The van der Waals surface area contributed by atoms with Crippen molar-refractivity contribution < 1.29 is 4.79 Å². The summed E-state index contributed by atoms with van der Waals surface area (Å²) in [5, 5.41) is 2.48. The lowest BCUT2D eigenvalue weighted by molar-refractivity contribution is -0.116. The van der Waals surface area contributed by atoms with Crippen LogP contribution < -0.4 is 10.6 Å². The number of carbonyl (C=O) groups is 1. The van der Waals surface area contributed by atoms with Gasteiger partial charge in [0.05, 0.1) is 23.7 Å². The summed E-state index contributed by atoms with van der Waals surface area (Å²) in [5.74, 6) is 2.99. The molecule has 0 unspecified atom stereocenters. The molecule has 0 spiro atoms. The van der Waals surface area contributed by atoms with Gasteiger partial charge in [-0.15, -0.1) is 29.5 Å². The molecule has 0 atom stereocenters. The van der Waals surface area contributed by atoms with Gasteiger partial charge in [-0.1, -0.05) is 12.0 Å². The highest BCUT2D eigenvalue weighted by molar-refractivity contribution is 8.00. The van der Waals surface area contributed by atoms with Gasteiger partial charge < -0.3 is 5.73 Å². The number of carbonyl (C=O) groups excluding carboxylic acids is 1.